The second kappa shape index (κ2) is 4.74. The molecule has 0 amide bonds. The summed E-state index contributed by atoms with van der Waals surface area (Å²) in [5, 5.41) is 0. The molecule has 0 radical (unpaired) electrons. The molecule has 1 rings (SSSR count). The Bertz CT molecular complexity index is 205. The summed E-state index contributed by atoms with van der Waals surface area (Å²) in [5.74, 6) is -2.49. The minimum atomic E-state index is -2.49. The first-order valence-corrected chi connectivity index (χ1v) is 5.65. The Balaban J connectivity index is 2.44. The van der Waals surface area contributed by atoms with E-state index in [0.717, 1.165) is 19.5 Å². The van der Waals surface area contributed by atoms with E-state index in [1.807, 2.05) is 4.90 Å². The molecule has 1 heterocycles. The fourth-order valence-corrected chi connectivity index (χ4v) is 2.26. The number of halogens is 2. The highest BCUT2D eigenvalue weighted by molar-refractivity contribution is 4.82. The number of nitrogens with two attached hydrogens (primary N) is 1. The number of hydrogen-bond donors (Lipinski definition) is 1. The molecule has 0 saturated carbocycles. The van der Waals surface area contributed by atoms with Crippen LogP contribution in [0.25, 0.3) is 0 Å². The minimum absolute atomic E-state index is 0.0425. The topological polar surface area (TPSA) is 29.3 Å². The highest BCUT2D eigenvalue weighted by Gasteiger charge is 2.36. The quantitative estimate of drug-likeness (QED) is 0.786. The molecule has 0 spiro atoms. The average molecular weight is 220 g/mol. The lowest BCUT2D eigenvalue weighted by atomic mass is 9.88. The molecule has 0 bridgehead atoms. The van der Waals surface area contributed by atoms with Gasteiger partial charge in [0.1, 0.15) is 0 Å². The highest BCUT2D eigenvalue weighted by Crippen LogP contribution is 2.29. The van der Waals surface area contributed by atoms with Crippen LogP contribution in [0.1, 0.15) is 33.1 Å². The molecule has 0 atom stereocenters. The lowest BCUT2D eigenvalue weighted by molar-refractivity contribution is -0.0710. The molecule has 1 fully saturated rings. The van der Waals surface area contributed by atoms with Crippen molar-refractivity contribution < 1.29 is 8.78 Å². The van der Waals surface area contributed by atoms with Crippen LogP contribution in [0.5, 0.6) is 0 Å². The van der Waals surface area contributed by atoms with Crippen LogP contribution in [0.4, 0.5) is 8.78 Å². The first kappa shape index (κ1) is 12.8. The normalized spacial score (nSPS) is 23.0. The van der Waals surface area contributed by atoms with Gasteiger partial charge in [-0.05, 0) is 31.3 Å². The van der Waals surface area contributed by atoms with Gasteiger partial charge in [-0.15, -0.1) is 0 Å². The number of rotatable bonds is 4. The molecule has 0 aromatic rings. The largest absolute Gasteiger partial charge is 0.330 e. The van der Waals surface area contributed by atoms with E-state index in [0.29, 0.717) is 13.0 Å². The van der Waals surface area contributed by atoms with Crippen LogP contribution in [0.3, 0.4) is 0 Å². The lowest BCUT2D eigenvalue weighted by Gasteiger charge is -2.37. The highest BCUT2D eigenvalue weighted by atomic mass is 19.3. The van der Waals surface area contributed by atoms with Crippen LogP contribution in [-0.4, -0.2) is 37.0 Å². The fraction of sp³-hybridized carbons (Fsp3) is 1.00. The zero-order chi connectivity index (χ0) is 11.5. The van der Waals surface area contributed by atoms with Gasteiger partial charge in [-0.1, -0.05) is 13.8 Å². The van der Waals surface area contributed by atoms with E-state index in [4.69, 9.17) is 5.73 Å². The Morgan fingerprint density at radius 3 is 2.60 bits per heavy atom. The zero-order valence-electron chi connectivity index (χ0n) is 9.73. The van der Waals surface area contributed by atoms with Crippen LogP contribution < -0.4 is 5.73 Å². The second-order valence-corrected chi connectivity index (χ2v) is 5.37. The van der Waals surface area contributed by atoms with Gasteiger partial charge in [0, 0.05) is 13.0 Å². The molecule has 2 nitrogen and oxygen atoms in total. The summed E-state index contributed by atoms with van der Waals surface area (Å²) in [6.45, 7) is 6.24. The van der Waals surface area contributed by atoms with Gasteiger partial charge in [-0.3, -0.25) is 4.90 Å². The zero-order valence-corrected chi connectivity index (χ0v) is 9.73. The van der Waals surface area contributed by atoms with Crippen molar-refractivity contribution in [3.8, 4) is 0 Å². The molecule has 90 valence electrons. The van der Waals surface area contributed by atoms with Gasteiger partial charge in [0.05, 0.1) is 6.54 Å². The average Bonchev–Trinajstić information content (AvgIpc) is 1.99. The fourth-order valence-electron chi connectivity index (χ4n) is 2.26. The lowest BCUT2D eigenvalue weighted by Crippen LogP contribution is -2.46. The van der Waals surface area contributed by atoms with Gasteiger partial charge >= 0.3 is 0 Å². The number of hydrogen-bond acceptors (Lipinski definition) is 2. The van der Waals surface area contributed by atoms with Crippen molar-refractivity contribution in [3.05, 3.63) is 0 Å². The van der Waals surface area contributed by atoms with E-state index in [2.05, 4.69) is 13.8 Å². The number of piperidine rings is 1. The summed E-state index contributed by atoms with van der Waals surface area (Å²) in [6.07, 6.45) is 1.53. The molecule has 1 saturated heterocycles. The van der Waals surface area contributed by atoms with E-state index in [-0.39, 0.29) is 18.4 Å². The Hall–Kier alpha value is -0.220. The number of likely N-dealkylation sites (tertiary alicyclic amines) is 1. The van der Waals surface area contributed by atoms with Crippen molar-refractivity contribution in [1.29, 1.82) is 0 Å². The molecule has 2 N–H and O–H groups in total. The molecule has 0 aromatic carbocycles. The van der Waals surface area contributed by atoms with Gasteiger partial charge in [0.2, 0.25) is 0 Å². The third kappa shape index (κ3) is 4.43. The predicted molar refractivity (Wildman–Crippen MR) is 58.1 cm³/mol. The van der Waals surface area contributed by atoms with Crippen LogP contribution >= 0.6 is 0 Å². The maximum absolute atomic E-state index is 13.1. The molecule has 0 unspecified atom stereocenters. The van der Waals surface area contributed by atoms with E-state index in [9.17, 15) is 8.78 Å². The number of nitrogens with zero attached hydrogens (tertiary/aromatic N) is 1. The molecule has 15 heavy (non-hydrogen) atoms. The van der Waals surface area contributed by atoms with Crippen molar-refractivity contribution in [2.75, 3.05) is 26.2 Å². The first-order valence-electron chi connectivity index (χ1n) is 5.65. The van der Waals surface area contributed by atoms with Gasteiger partial charge in [-0.2, -0.15) is 0 Å². The van der Waals surface area contributed by atoms with Crippen LogP contribution in [0.2, 0.25) is 0 Å². The van der Waals surface area contributed by atoms with E-state index in [1.54, 1.807) is 0 Å². The molecular weight excluding hydrogens is 198 g/mol. The summed E-state index contributed by atoms with van der Waals surface area (Å²) >= 11 is 0. The van der Waals surface area contributed by atoms with Crippen molar-refractivity contribution in [2.24, 2.45) is 11.1 Å². The predicted octanol–water partition coefficient (Wildman–Crippen LogP) is 2.09. The maximum atomic E-state index is 13.1. The smallest absolute Gasteiger partial charge is 0.260 e. The van der Waals surface area contributed by atoms with E-state index < -0.39 is 5.92 Å². The monoisotopic (exact) mass is 220 g/mol. The van der Waals surface area contributed by atoms with Crippen molar-refractivity contribution in [3.63, 3.8) is 0 Å². The van der Waals surface area contributed by atoms with Gasteiger partial charge in [0.15, 0.2) is 0 Å². The minimum Gasteiger partial charge on any atom is -0.330 e. The summed E-state index contributed by atoms with van der Waals surface area (Å²) in [5.41, 5.74) is 5.55. The third-order valence-electron chi connectivity index (χ3n) is 2.94. The Kier molecular flexibility index (Phi) is 4.06. The Labute approximate surface area is 90.8 Å². The second-order valence-electron chi connectivity index (χ2n) is 5.37. The van der Waals surface area contributed by atoms with Crippen molar-refractivity contribution in [1.82, 2.24) is 4.90 Å². The maximum Gasteiger partial charge on any atom is 0.260 e. The standard InChI is InChI=1S/C11H22F2N2/c1-10(2,5-6-14)8-15-7-3-4-11(12,13)9-15/h3-9,14H2,1-2H3. The van der Waals surface area contributed by atoms with E-state index >= 15 is 0 Å². The molecule has 0 aromatic heterocycles. The molecule has 0 aliphatic carbocycles. The summed E-state index contributed by atoms with van der Waals surface area (Å²) < 4.78 is 26.3. The number of alkyl halides is 2. The molecule has 1 aliphatic rings. The summed E-state index contributed by atoms with van der Waals surface area (Å²) in [6, 6.07) is 0. The summed E-state index contributed by atoms with van der Waals surface area (Å²) in [7, 11) is 0. The van der Waals surface area contributed by atoms with Crippen LogP contribution in [0.15, 0.2) is 0 Å². The van der Waals surface area contributed by atoms with Gasteiger partial charge < -0.3 is 5.73 Å². The Morgan fingerprint density at radius 1 is 1.40 bits per heavy atom. The van der Waals surface area contributed by atoms with Crippen molar-refractivity contribution >= 4 is 0 Å². The molecular formula is C11H22F2N2. The first-order chi connectivity index (χ1) is 6.85. The third-order valence-corrected chi connectivity index (χ3v) is 2.94. The van der Waals surface area contributed by atoms with Crippen LogP contribution in [0, 0.1) is 5.41 Å². The van der Waals surface area contributed by atoms with E-state index in [1.165, 1.54) is 0 Å². The molecule has 4 heteroatoms. The van der Waals surface area contributed by atoms with Gasteiger partial charge in [-0.25, -0.2) is 8.78 Å². The SMILES string of the molecule is CC(C)(CCN)CN1CCCC(F)(F)C1. The summed E-state index contributed by atoms with van der Waals surface area (Å²) in [4.78, 5) is 1.87. The molecule has 1 aliphatic heterocycles. The van der Waals surface area contributed by atoms with Gasteiger partial charge in [0.25, 0.3) is 5.92 Å². The van der Waals surface area contributed by atoms with Crippen molar-refractivity contribution in [2.45, 2.75) is 39.0 Å². The van der Waals surface area contributed by atoms with Crippen LogP contribution in [-0.2, 0) is 0 Å². The Morgan fingerprint density at radius 2 is 2.07 bits per heavy atom.